The molecule has 0 unspecified atom stereocenters. The van der Waals surface area contributed by atoms with Crippen LogP contribution in [0.5, 0.6) is 0 Å². The molecule has 2 rings (SSSR count). The number of carbonyl (C=O) groups excluding carboxylic acids is 2. The first-order valence-corrected chi connectivity index (χ1v) is 6.53. The van der Waals surface area contributed by atoms with E-state index in [-0.39, 0.29) is 5.76 Å². The first kappa shape index (κ1) is 14.6. The largest absolute Gasteiger partial charge is 0.457 e. The van der Waals surface area contributed by atoms with E-state index in [2.05, 4.69) is 0 Å². The average Bonchev–Trinajstić information content (AvgIpc) is 2.58. The first-order valence-electron chi connectivity index (χ1n) is 6.15. The third-order valence-corrected chi connectivity index (χ3v) is 3.14. The Kier molecular flexibility index (Phi) is 3.61. The van der Waals surface area contributed by atoms with Crippen molar-refractivity contribution in [1.82, 2.24) is 0 Å². The summed E-state index contributed by atoms with van der Waals surface area (Å²) in [5, 5.41) is 0.485. The van der Waals surface area contributed by atoms with Crippen LogP contribution < -0.4 is 0 Å². The van der Waals surface area contributed by atoms with Gasteiger partial charge in [-0.1, -0.05) is 11.6 Å². The van der Waals surface area contributed by atoms with Gasteiger partial charge in [-0.3, -0.25) is 0 Å². The molecule has 0 amide bonds. The maximum Gasteiger partial charge on any atom is 0.344 e. The maximum absolute atomic E-state index is 11.8. The van der Waals surface area contributed by atoms with Crippen LogP contribution >= 0.6 is 11.6 Å². The van der Waals surface area contributed by atoms with E-state index in [0.29, 0.717) is 21.7 Å². The van der Waals surface area contributed by atoms with E-state index in [0.717, 1.165) is 0 Å². The second kappa shape index (κ2) is 4.94. The summed E-state index contributed by atoms with van der Waals surface area (Å²) in [6.07, 6.45) is 1.18. The number of hydrogen-bond donors (Lipinski definition) is 0. The predicted octanol–water partition coefficient (Wildman–Crippen LogP) is 3.50. The molecule has 0 bridgehead atoms. The van der Waals surface area contributed by atoms with Gasteiger partial charge in [0.1, 0.15) is 11.4 Å². The minimum Gasteiger partial charge on any atom is -0.457 e. The standard InChI is InChI=1S/C15H15ClO4/c1-8-10(16)6-5-9-11(19-14(18)13(8)9)7-12(17)20-15(2,3)4/h5-7H,1-4H3/b11-7+. The van der Waals surface area contributed by atoms with E-state index in [4.69, 9.17) is 21.1 Å². The number of ether oxygens (including phenoxy) is 2. The van der Waals surface area contributed by atoms with Crippen molar-refractivity contribution in [2.75, 3.05) is 0 Å². The zero-order valence-corrected chi connectivity index (χ0v) is 12.5. The van der Waals surface area contributed by atoms with Crippen LogP contribution in [0.25, 0.3) is 5.76 Å². The van der Waals surface area contributed by atoms with Crippen molar-refractivity contribution in [2.45, 2.75) is 33.3 Å². The lowest BCUT2D eigenvalue weighted by molar-refractivity contribution is -0.148. The Bertz CT molecular complexity index is 623. The Balaban J connectivity index is 2.38. The lowest BCUT2D eigenvalue weighted by Gasteiger charge is -2.18. The summed E-state index contributed by atoms with van der Waals surface area (Å²) in [6, 6.07) is 3.33. The Labute approximate surface area is 122 Å². The first-order chi connectivity index (χ1) is 9.19. The Morgan fingerprint density at radius 1 is 1.35 bits per heavy atom. The normalized spacial score (nSPS) is 16.1. The van der Waals surface area contributed by atoms with Gasteiger partial charge in [-0.05, 0) is 45.4 Å². The minimum absolute atomic E-state index is 0.194. The molecule has 5 heteroatoms. The van der Waals surface area contributed by atoms with Crippen LogP contribution in [0.4, 0.5) is 0 Å². The van der Waals surface area contributed by atoms with Crippen LogP contribution in [0.1, 0.15) is 42.3 Å². The van der Waals surface area contributed by atoms with Gasteiger partial charge >= 0.3 is 11.9 Å². The second-order valence-electron chi connectivity index (χ2n) is 5.53. The molecule has 0 fully saturated rings. The molecular weight excluding hydrogens is 280 g/mol. The fraction of sp³-hybridized carbons (Fsp3) is 0.333. The number of fused-ring (bicyclic) bond motifs is 1. The van der Waals surface area contributed by atoms with Crippen molar-refractivity contribution >= 4 is 29.3 Å². The topological polar surface area (TPSA) is 52.6 Å². The van der Waals surface area contributed by atoms with Gasteiger partial charge in [0.15, 0.2) is 0 Å². The van der Waals surface area contributed by atoms with Crippen molar-refractivity contribution < 1.29 is 19.1 Å². The Morgan fingerprint density at radius 2 is 2.00 bits per heavy atom. The third-order valence-electron chi connectivity index (χ3n) is 2.73. The highest BCUT2D eigenvalue weighted by atomic mass is 35.5. The maximum atomic E-state index is 11.8. The number of rotatable bonds is 1. The zero-order chi connectivity index (χ0) is 15.1. The van der Waals surface area contributed by atoms with E-state index in [9.17, 15) is 9.59 Å². The molecule has 0 spiro atoms. The summed E-state index contributed by atoms with van der Waals surface area (Å²) in [5.41, 5.74) is 0.993. The van der Waals surface area contributed by atoms with E-state index < -0.39 is 17.5 Å². The molecule has 20 heavy (non-hydrogen) atoms. The number of hydrogen-bond acceptors (Lipinski definition) is 4. The molecule has 0 atom stereocenters. The monoisotopic (exact) mass is 294 g/mol. The highest BCUT2D eigenvalue weighted by Crippen LogP contribution is 2.34. The summed E-state index contributed by atoms with van der Waals surface area (Å²) in [6.45, 7) is 7.03. The number of benzene rings is 1. The van der Waals surface area contributed by atoms with Crippen LogP contribution in [0.2, 0.25) is 5.02 Å². The van der Waals surface area contributed by atoms with Crippen molar-refractivity contribution in [2.24, 2.45) is 0 Å². The number of esters is 2. The van der Waals surface area contributed by atoms with Gasteiger partial charge in [0.25, 0.3) is 0 Å². The number of halogens is 1. The molecule has 0 saturated carbocycles. The van der Waals surface area contributed by atoms with Gasteiger partial charge in [-0.2, -0.15) is 0 Å². The average molecular weight is 295 g/mol. The molecule has 1 aliphatic rings. The van der Waals surface area contributed by atoms with Crippen LogP contribution in [-0.2, 0) is 14.3 Å². The quantitative estimate of drug-likeness (QED) is 0.587. The molecular formula is C15H15ClO4. The lowest BCUT2D eigenvalue weighted by Crippen LogP contribution is -2.22. The van der Waals surface area contributed by atoms with Crippen LogP contribution in [0.3, 0.4) is 0 Å². The zero-order valence-electron chi connectivity index (χ0n) is 11.7. The summed E-state index contributed by atoms with van der Waals surface area (Å²) in [4.78, 5) is 23.6. The summed E-state index contributed by atoms with van der Waals surface area (Å²) in [5.74, 6) is -0.866. The Hall–Kier alpha value is -1.81. The van der Waals surface area contributed by atoms with Crippen LogP contribution in [-0.4, -0.2) is 17.5 Å². The Morgan fingerprint density at radius 3 is 2.60 bits per heavy atom. The molecule has 0 N–H and O–H groups in total. The second-order valence-corrected chi connectivity index (χ2v) is 5.93. The molecule has 0 aliphatic carbocycles. The number of cyclic esters (lactones) is 1. The van der Waals surface area contributed by atoms with Crippen molar-refractivity contribution in [3.05, 3.63) is 39.9 Å². The smallest absolute Gasteiger partial charge is 0.344 e. The van der Waals surface area contributed by atoms with Crippen molar-refractivity contribution in [1.29, 1.82) is 0 Å². The van der Waals surface area contributed by atoms with Gasteiger partial charge < -0.3 is 9.47 Å². The molecule has 1 heterocycles. The molecule has 1 aromatic rings. The van der Waals surface area contributed by atoms with Crippen molar-refractivity contribution in [3.63, 3.8) is 0 Å². The van der Waals surface area contributed by atoms with Crippen LogP contribution in [0, 0.1) is 6.92 Å². The van der Waals surface area contributed by atoms with E-state index >= 15 is 0 Å². The third kappa shape index (κ3) is 2.85. The molecule has 1 aliphatic heterocycles. The van der Waals surface area contributed by atoms with E-state index in [1.165, 1.54) is 6.08 Å². The van der Waals surface area contributed by atoms with E-state index in [1.54, 1.807) is 39.8 Å². The summed E-state index contributed by atoms with van der Waals surface area (Å²) >= 11 is 5.98. The van der Waals surface area contributed by atoms with Gasteiger partial charge in [-0.25, -0.2) is 9.59 Å². The predicted molar refractivity (Wildman–Crippen MR) is 75.4 cm³/mol. The summed E-state index contributed by atoms with van der Waals surface area (Å²) in [7, 11) is 0. The molecule has 1 aromatic carbocycles. The fourth-order valence-electron chi connectivity index (χ4n) is 1.91. The van der Waals surface area contributed by atoms with Crippen LogP contribution in [0.15, 0.2) is 18.2 Å². The lowest BCUT2D eigenvalue weighted by atomic mass is 10.0. The molecule has 0 radical (unpaired) electrons. The molecule has 0 aromatic heterocycles. The van der Waals surface area contributed by atoms with Gasteiger partial charge in [-0.15, -0.1) is 0 Å². The summed E-state index contributed by atoms with van der Waals surface area (Å²) < 4.78 is 10.3. The highest BCUT2D eigenvalue weighted by Gasteiger charge is 2.30. The van der Waals surface area contributed by atoms with Crippen molar-refractivity contribution in [3.8, 4) is 0 Å². The van der Waals surface area contributed by atoms with Gasteiger partial charge in [0, 0.05) is 10.6 Å². The SMILES string of the molecule is Cc1c(Cl)ccc2c1C(=O)O/C2=C/C(=O)OC(C)(C)C. The fourth-order valence-corrected chi connectivity index (χ4v) is 2.06. The molecule has 4 nitrogen and oxygen atoms in total. The van der Waals surface area contributed by atoms with E-state index in [1.807, 2.05) is 0 Å². The highest BCUT2D eigenvalue weighted by molar-refractivity contribution is 6.32. The molecule has 106 valence electrons. The van der Waals surface area contributed by atoms with Gasteiger partial charge in [0.05, 0.1) is 11.6 Å². The van der Waals surface area contributed by atoms with Gasteiger partial charge in [0.2, 0.25) is 0 Å². The molecule has 0 saturated heterocycles. The minimum atomic E-state index is -0.602. The number of carbonyl (C=O) groups is 2.